The summed E-state index contributed by atoms with van der Waals surface area (Å²) in [5, 5.41) is 9.03. The molecule has 0 fully saturated rings. The first-order chi connectivity index (χ1) is 8.97. The molecule has 0 aliphatic rings. The Kier molecular flexibility index (Phi) is 4.16. The van der Waals surface area contributed by atoms with Crippen LogP contribution in [0.25, 0.3) is 0 Å². The van der Waals surface area contributed by atoms with Crippen LogP contribution in [0.3, 0.4) is 0 Å². The minimum absolute atomic E-state index is 0.00981. The molecular formula is C12H6Br2FNO3. The lowest BCUT2D eigenvalue weighted by molar-refractivity contribution is 0.0694. The summed E-state index contributed by atoms with van der Waals surface area (Å²) >= 11 is 6.27. The van der Waals surface area contributed by atoms with Gasteiger partial charge >= 0.3 is 5.97 Å². The molecule has 1 N–H and O–H groups in total. The van der Waals surface area contributed by atoms with Crippen LogP contribution >= 0.6 is 31.9 Å². The molecule has 19 heavy (non-hydrogen) atoms. The zero-order valence-corrected chi connectivity index (χ0v) is 12.4. The van der Waals surface area contributed by atoms with Gasteiger partial charge in [-0.25, -0.2) is 14.2 Å². The predicted molar refractivity (Wildman–Crippen MR) is 73.1 cm³/mol. The van der Waals surface area contributed by atoms with E-state index in [-0.39, 0.29) is 17.2 Å². The molecule has 7 heteroatoms. The van der Waals surface area contributed by atoms with E-state index in [1.807, 2.05) is 0 Å². The Morgan fingerprint density at radius 1 is 1.26 bits per heavy atom. The highest BCUT2D eigenvalue weighted by Gasteiger charge is 2.15. The molecule has 98 valence electrons. The van der Waals surface area contributed by atoms with Crippen LogP contribution in [0.2, 0.25) is 0 Å². The second-order valence-corrected chi connectivity index (χ2v) is 5.32. The average molecular weight is 391 g/mol. The van der Waals surface area contributed by atoms with Gasteiger partial charge in [0.05, 0.1) is 0 Å². The number of rotatable bonds is 3. The van der Waals surface area contributed by atoms with Crippen molar-refractivity contribution in [3.63, 3.8) is 0 Å². The normalized spacial score (nSPS) is 10.3. The molecule has 0 amide bonds. The molecule has 0 aliphatic heterocycles. The fourth-order valence-electron chi connectivity index (χ4n) is 1.34. The van der Waals surface area contributed by atoms with Crippen molar-refractivity contribution in [2.75, 3.05) is 0 Å². The van der Waals surface area contributed by atoms with E-state index in [1.165, 1.54) is 24.4 Å². The Morgan fingerprint density at radius 3 is 2.63 bits per heavy atom. The number of benzene rings is 1. The number of carbonyl (C=O) groups is 1. The van der Waals surface area contributed by atoms with Gasteiger partial charge in [-0.05, 0) is 40.2 Å². The zero-order chi connectivity index (χ0) is 14.0. The van der Waals surface area contributed by atoms with E-state index < -0.39 is 11.8 Å². The molecular weight excluding hydrogens is 385 g/mol. The van der Waals surface area contributed by atoms with Gasteiger partial charge in [0.2, 0.25) is 0 Å². The first-order valence-electron chi connectivity index (χ1n) is 4.99. The maximum absolute atomic E-state index is 13.6. The van der Waals surface area contributed by atoms with E-state index in [4.69, 9.17) is 9.84 Å². The minimum Gasteiger partial charge on any atom is -0.478 e. The maximum atomic E-state index is 13.6. The molecule has 0 radical (unpaired) electrons. The molecule has 1 aromatic heterocycles. The molecule has 0 unspecified atom stereocenters. The fraction of sp³-hybridized carbons (Fsp3) is 0. The van der Waals surface area contributed by atoms with Crippen LogP contribution in [0.4, 0.5) is 4.39 Å². The Morgan fingerprint density at radius 2 is 2.00 bits per heavy atom. The van der Waals surface area contributed by atoms with E-state index in [9.17, 15) is 9.18 Å². The predicted octanol–water partition coefficient (Wildman–Crippen LogP) is 4.24. The Labute approximate surface area is 124 Å². The van der Waals surface area contributed by atoms with Gasteiger partial charge in [-0.15, -0.1) is 0 Å². The lowest BCUT2D eigenvalue weighted by atomic mass is 10.2. The number of aromatic nitrogens is 1. The summed E-state index contributed by atoms with van der Waals surface area (Å²) in [6, 6.07) is 5.54. The van der Waals surface area contributed by atoms with Gasteiger partial charge in [0.25, 0.3) is 5.88 Å². The fourth-order valence-corrected chi connectivity index (χ4v) is 1.98. The zero-order valence-electron chi connectivity index (χ0n) is 9.23. The third-order valence-corrected chi connectivity index (χ3v) is 3.08. The number of hydrogen-bond acceptors (Lipinski definition) is 3. The topological polar surface area (TPSA) is 59.4 Å². The molecule has 0 aliphatic carbocycles. The summed E-state index contributed by atoms with van der Waals surface area (Å²) in [5.74, 6) is -2.13. The number of aromatic carboxylic acids is 1. The monoisotopic (exact) mass is 389 g/mol. The smallest absolute Gasteiger partial charge is 0.339 e. The Hall–Kier alpha value is -1.47. The Balaban J connectivity index is 2.42. The summed E-state index contributed by atoms with van der Waals surface area (Å²) in [5.41, 5.74) is -0.0766. The molecule has 0 saturated carbocycles. The molecule has 0 spiro atoms. The maximum Gasteiger partial charge on any atom is 0.339 e. The summed E-state index contributed by atoms with van der Waals surface area (Å²) in [6.07, 6.45) is 1.36. The third kappa shape index (κ3) is 3.30. The van der Waals surface area contributed by atoms with E-state index in [1.54, 1.807) is 6.07 Å². The molecule has 1 aromatic carbocycles. The van der Waals surface area contributed by atoms with Crippen LogP contribution in [-0.4, -0.2) is 16.1 Å². The lowest BCUT2D eigenvalue weighted by Crippen LogP contribution is -2.01. The van der Waals surface area contributed by atoms with Crippen LogP contribution in [0.1, 0.15) is 10.4 Å². The first kappa shape index (κ1) is 14.0. The highest BCUT2D eigenvalue weighted by molar-refractivity contribution is 9.10. The average Bonchev–Trinajstić information content (AvgIpc) is 2.32. The summed E-state index contributed by atoms with van der Waals surface area (Å²) in [7, 11) is 0. The van der Waals surface area contributed by atoms with Gasteiger partial charge in [0.1, 0.15) is 11.3 Å². The lowest BCUT2D eigenvalue weighted by Gasteiger charge is -2.09. The minimum atomic E-state index is -1.17. The van der Waals surface area contributed by atoms with Gasteiger partial charge in [0, 0.05) is 15.1 Å². The molecule has 2 aromatic rings. The van der Waals surface area contributed by atoms with Crippen molar-refractivity contribution in [1.82, 2.24) is 4.98 Å². The van der Waals surface area contributed by atoms with Gasteiger partial charge in [-0.2, -0.15) is 0 Å². The van der Waals surface area contributed by atoms with E-state index in [0.717, 1.165) is 0 Å². The molecule has 2 rings (SSSR count). The van der Waals surface area contributed by atoms with Gasteiger partial charge in [0.15, 0.2) is 5.82 Å². The van der Waals surface area contributed by atoms with E-state index in [0.29, 0.717) is 8.95 Å². The molecule has 4 nitrogen and oxygen atoms in total. The van der Waals surface area contributed by atoms with Crippen molar-refractivity contribution < 1.29 is 19.0 Å². The standard InChI is InChI=1S/C12H6Br2FNO3/c13-6-1-2-8(12(17)18)10(4-6)19-11-9(15)3-7(14)5-16-11/h1-5H,(H,17,18). The Bertz CT molecular complexity index is 649. The largest absolute Gasteiger partial charge is 0.478 e. The number of halogens is 3. The quantitative estimate of drug-likeness (QED) is 0.851. The van der Waals surface area contributed by atoms with Crippen molar-refractivity contribution in [3.05, 3.63) is 50.8 Å². The number of nitrogens with zero attached hydrogens (tertiary/aromatic N) is 1. The van der Waals surface area contributed by atoms with E-state index >= 15 is 0 Å². The number of carboxylic acid groups (broad SMARTS) is 1. The third-order valence-electron chi connectivity index (χ3n) is 2.15. The SMILES string of the molecule is O=C(O)c1ccc(Br)cc1Oc1ncc(Br)cc1F. The number of carboxylic acids is 1. The van der Waals surface area contributed by atoms with Crippen molar-refractivity contribution >= 4 is 37.8 Å². The van der Waals surface area contributed by atoms with Crippen molar-refractivity contribution in [1.29, 1.82) is 0 Å². The van der Waals surface area contributed by atoms with Crippen molar-refractivity contribution in [3.8, 4) is 11.6 Å². The van der Waals surface area contributed by atoms with E-state index in [2.05, 4.69) is 36.8 Å². The summed E-state index contributed by atoms with van der Waals surface area (Å²) in [4.78, 5) is 14.8. The van der Waals surface area contributed by atoms with Gasteiger partial charge in [-0.1, -0.05) is 15.9 Å². The highest BCUT2D eigenvalue weighted by atomic mass is 79.9. The van der Waals surface area contributed by atoms with Crippen LogP contribution in [0.5, 0.6) is 11.6 Å². The molecule has 0 bridgehead atoms. The molecule has 0 saturated heterocycles. The first-order valence-corrected chi connectivity index (χ1v) is 6.57. The van der Waals surface area contributed by atoms with Crippen molar-refractivity contribution in [2.24, 2.45) is 0 Å². The molecule has 0 atom stereocenters. The van der Waals surface area contributed by atoms with Gasteiger partial charge in [-0.3, -0.25) is 0 Å². The second kappa shape index (κ2) is 5.66. The summed E-state index contributed by atoms with van der Waals surface area (Å²) < 4.78 is 19.9. The van der Waals surface area contributed by atoms with Gasteiger partial charge < -0.3 is 9.84 Å². The summed E-state index contributed by atoms with van der Waals surface area (Å²) in [6.45, 7) is 0. The molecule has 1 heterocycles. The van der Waals surface area contributed by atoms with Crippen LogP contribution in [0.15, 0.2) is 39.4 Å². The van der Waals surface area contributed by atoms with Crippen LogP contribution < -0.4 is 4.74 Å². The van der Waals surface area contributed by atoms with Crippen LogP contribution in [0, 0.1) is 5.82 Å². The van der Waals surface area contributed by atoms with Crippen molar-refractivity contribution in [2.45, 2.75) is 0 Å². The number of ether oxygens (including phenoxy) is 1. The van der Waals surface area contributed by atoms with Crippen LogP contribution in [-0.2, 0) is 0 Å². The number of hydrogen-bond donors (Lipinski definition) is 1. The number of pyridine rings is 1. The highest BCUT2D eigenvalue weighted by Crippen LogP contribution is 2.29. The second-order valence-electron chi connectivity index (χ2n) is 3.49.